The minimum absolute atomic E-state index is 0.285. The number of aromatic amines is 1. The van der Waals surface area contributed by atoms with Crippen LogP contribution in [0.2, 0.25) is 0 Å². The fraction of sp³-hybridized carbons (Fsp3) is 0. The summed E-state index contributed by atoms with van der Waals surface area (Å²) in [4.78, 5) is 10.6. The minimum Gasteiger partial charge on any atom is -0.453 e. The van der Waals surface area contributed by atoms with Crippen LogP contribution in [0.3, 0.4) is 0 Å². The maximum Gasteiger partial charge on any atom is 0.205 e. The third-order valence-electron chi connectivity index (χ3n) is 2.52. The molecule has 0 aliphatic carbocycles. The standard InChI is InChI=1S/C12H8N4O2/c17-7-8-5-6-11(18-8)9-3-1-2-4-10(9)12-13-15-16-14-12/h1-7H,(H,13,14,15,16). The molecule has 3 rings (SSSR count). The second-order valence-corrected chi connectivity index (χ2v) is 3.60. The van der Waals surface area contributed by atoms with Crippen LogP contribution >= 0.6 is 0 Å². The fourth-order valence-electron chi connectivity index (χ4n) is 1.73. The Balaban J connectivity index is 2.15. The predicted molar refractivity (Wildman–Crippen MR) is 62.7 cm³/mol. The van der Waals surface area contributed by atoms with Crippen molar-refractivity contribution in [2.24, 2.45) is 0 Å². The third kappa shape index (κ3) is 1.69. The van der Waals surface area contributed by atoms with Crippen molar-refractivity contribution >= 4 is 6.29 Å². The quantitative estimate of drug-likeness (QED) is 0.707. The zero-order valence-electron chi connectivity index (χ0n) is 9.20. The van der Waals surface area contributed by atoms with Gasteiger partial charge in [-0.2, -0.15) is 5.21 Å². The summed E-state index contributed by atoms with van der Waals surface area (Å²) >= 11 is 0. The van der Waals surface area contributed by atoms with Crippen molar-refractivity contribution in [2.45, 2.75) is 0 Å². The maximum absolute atomic E-state index is 10.6. The first-order valence-electron chi connectivity index (χ1n) is 5.27. The molecular formula is C12H8N4O2. The average molecular weight is 240 g/mol. The topological polar surface area (TPSA) is 84.7 Å². The van der Waals surface area contributed by atoms with E-state index in [1.807, 2.05) is 24.3 Å². The van der Waals surface area contributed by atoms with E-state index in [1.165, 1.54) is 0 Å². The summed E-state index contributed by atoms with van der Waals surface area (Å²) in [7, 11) is 0. The molecule has 2 heterocycles. The molecule has 0 saturated heterocycles. The van der Waals surface area contributed by atoms with Crippen molar-refractivity contribution < 1.29 is 9.21 Å². The number of H-pyrrole nitrogens is 1. The number of benzene rings is 1. The molecule has 0 saturated carbocycles. The van der Waals surface area contributed by atoms with Gasteiger partial charge in [-0.05, 0) is 17.3 Å². The second-order valence-electron chi connectivity index (χ2n) is 3.60. The molecule has 6 nitrogen and oxygen atoms in total. The van der Waals surface area contributed by atoms with Crippen LogP contribution in [0.4, 0.5) is 0 Å². The highest BCUT2D eigenvalue weighted by Crippen LogP contribution is 2.30. The molecule has 88 valence electrons. The molecule has 0 radical (unpaired) electrons. The normalized spacial score (nSPS) is 10.4. The van der Waals surface area contributed by atoms with E-state index in [0.29, 0.717) is 17.9 Å². The summed E-state index contributed by atoms with van der Waals surface area (Å²) < 4.78 is 5.40. The summed E-state index contributed by atoms with van der Waals surface area (Å²) in [6, 6.07) is 10.8. The highest BCUT2D eigenvalue weighted by atomic mass is 16.3. The number of aromatic nitrogens is 4. The van der Waals surface area contributed by atoms with Gasteiger partial charge in [0.05, 0.1) is 0 Å². The molecule has 0 amide bonds. The van der Waals surface area contributed by atoms with Gasteiger partial charge in [-0.3, -0.25) is 4.79 Å². The van der Waals surface area contributed by atoms with Gasteiger partial charge in [0.2, 0.25) is 5.82 Å². The first-order valence-corrected chi connectivity index (χ1v) is 5.27. The number of nitrogens with zero attached hydrogens (tertiary/aromatic N) is 3. The highest BCUT2D eigenvalue weighted by Gasteiger charge is 2.13. The largest absolute Gasteiger partial charge is 0.453 e. The lowest BCUT2D eigenvalue weighted by molar-refractivity contribution is 0.110. The molecule has 0 bridgehead atoms. The van der Waals surface area contributed by atoms with Gasteiger partial charge < -0.3 is 4.42 Å². The van der Waals surface area contributed by atoms with Gasteiger partial charge in [-0.25, -0.2) is 0 Å². The zero-order valence-corrected chi connectivity index (χ0v) is 9.20. The Labute approximate surface area is 102 Å². The Morgan fingerprint density at radius 1 is 1.11 bits per heavy atom. The van der Waals surface area contributed by atoms with Crippen molar-refractivity contribution in [3.8, 4) is 22.7 Å². The van der Waals surface area contributed by atoms with Crippen LogP contribution < -0.4 is 0 Å². The van der Waals surface area contributed by atoms with E-state index in [2.05, 4.69) is 20.6 Å². The number of tetrazole rings is 1. The maximum atomic E-state index is 10.6. The summed E-state index contributed by atoms with van der Waals surface area (Å²) in [6.45, 7) is 0. The molecule has 0 aliphatic heterocycles. The van der Waals surface area contributed by atoms with Crippen molar-refractivity contribution in [3.05, 3.63) is 42.2 Å². The van der Waals surface area contributed by atoms with Crippen molar-refractivity contribution in [1.82, 2.24) is 20.6 Å². The van der Waals surface area contributed by atoms with E-state index < -0.39 is 0 Å². The van der Waals surface area contributed by atoms with E-state index in [9.17, 15) is 4.79 Å². The number of nitrogens with one attached hydrogen (secondary N) is 1. The van der Waals surface area contributed by atoms with Gasteiger partial charge in [-0.15, -0.1) is 10.2 Å². The number of hydrogen-bond acceptors (Lipinski definition) is 5. The lowest BCUT2D eigenvalue weighted by Gasteiger charge is -2.02. The average Bonchev–Trinajstić information content (AvgIpc) is 3.10. The van der Waals surface area contributed by atoms with Crippen LogP contribution in [0.5, 0.6) is 0 Å². The number of carbonyl (C=O) groups excluding carboxylic acids is 1. The van der Waals surface area contributed by atoms with E-state index in [0.717, 1.165) is 11.1 Å². The van der Waals surface area contributed by atoms with E-state index in [1.54, 1.807) is 12.1 Å². The summed E-state index contributed by atoms with van der Waals surface area (Å²) in [5, 5.41) is 13.8. The number of furan rings is 1. The first-order chi connectivity index (χ1) is 8.88. The van der Waals surface area contributed by atoms with Crippen molar-refractivity contribution in [2.75, 3.05) is 0 Å². The van der Waals surface area contributed by atoms with Crippen molar-refractivity contribution in [3.63, 3.8) is 0 Å². The summed E-state index contributed by atoms with van der Waals surface area (Å²) in [5.41, 5.74) is 1.60. The van der Waals surface area contributed by atoms with Gasteiger partial charge >= 0.3 is 0 Å². The SMILES string of the molecule is O=Cc1ccc(-c2ccccc2-c2nn[nH]n2)o1. The van der Waals surface area contributed by atoms with Crippen LogP contribution in [0.15, 0.2) is 40.8 Å². The zero-order chi connectivity index (χ0) is 12.4. The molecule has 0 atom stereocenters. The molecule has 6 heteroatoms. The number of hydrogen-bond donors (Lipinski definition) is 1. The van der Waals surface area contributed by atoms with Crippen LogP contribution in [0.1, 0.15) is 10.6 Å². The summed E-state index contributed by atoms with van der Waals surface area (Å²) in [6.07, 6.45) is 0.667. The predicted octanol–water partition coefficient (Wildman–Crippen LogP) is 1.94. The number of aldehydes is 1. The molecule has 0 fully saturated rings. The van der Waals surface area contributed by atoms with Gasteiger partial charge in [0.25, 0.3) is 0 Å². The van der Waals surface area contributed by atoms with E-state index in [-0.39, 0.29) is 5.76 Å². The Morgan fingerprint density at radius 3 is 2.61 bits per heavy atom. The molecule has 0 spiro atoms. The lowest BCUT2D eigenvalue weighted by atomic mass is 10.1. The third-order valence-corrected chi connectivity index (χ3v) is 2.52. The highest BCUT2D eigenvalue weighted by molar-refractivity contribution is 5.79. The lowest BCUT2D eigenvalue weighted by Crippen LogP contribution is -1.85. The number of carbonyl (C=O) groups is 1. The monoisotopic (exact) mass is 240 g/mol. The molecule has 0 aliphatic rings. The van der Waals surface area contributed by atoms with Crippen LogP contribution in [0, 0.1) is 0 Å². The summed E-state index contributed by atoms with van der Waals surface area (Å²) in [5.74, 6) is 1.36. The van der Waals surface area contributed by atoms with Crippen LogP contribution in [-0.2, 0) is 0 Å². The van der Waals surface area contributed by atoms with E-state index in [4.69, 9.17) is 4.42 Å². The van der Waals surface area contributed by atoms with Gasteiger partial charge in [0.15, 0.2) is 12.0 Å². The Bertz CT molecular complexity index is 673. The second kappa shape index (κ2) is 4.25. The molecule has 2 aromatic heterocycles. The van der Waals surface area contributed by atoms with Gasteiger partial charge in [0, 0.05) is 11.1 Å². The Morgan fingerprint density at radius 2 is 1.94 bits per heavy atom. The van der Waals surface area contributed by atoms with E-state index >= 15 is 0 Å². The minimum atomic E-state index is 0.285. The van der Waals surface area contributed by atoms with Gasteiger partial charge in [-0.1, -0.05) is 24.3 Å². The Kier molecular flexibility index (Phi) is 2.45. The van der Waals surface area contributed by atoms with Crippen LogP contribution in [0.25, 0.3) is 22.7 Å². The molecular weight excluding hydrogens is 232 g/mol. The Hall–Kier alpha value is -2.76. The number of rotatable bonds is 3. The van der Waals surface area contributed by atoms with Gasteiger partial charge in [0.1, 0.15) is 5.76 Å². The first kappa shape index (κ1) is 10.4. The molecule has 1 N–H and O–H groups in total. The smallest absolute Gasteiger partial charge is 0.205 e. The molecule has 18 heavy (non-hydrogen) atoms. The molecule has 0 unspecified atom stereocenters. The molecule has 1 aromatic carbocycles. The fourth-order valence-corrected chi connectivity index (χ4v) is 1.73. The van der Waals surface area contributed by atoms with Crippen molar-refractivity contribution in [1.29, 1.82) is 0 Å². The molecule has 3 aromatic rings. The van der Waals surface area contributed by atoms with Crippen LogP contribution in [-0.4, -0.2) is 26.9 Å².